The van der Waals surface area contributed by atoms with Gasteiger partial charge in [-0.3, -0.25) is 0 Å². The molecule has 0 aliphatic carbocycles. The summed E-state index contributed by atoms with van der Waals surface area (Å²) in [7, 11) is 0. The van der Waals surface area contributed by atoms with E-state index in [0.717, 1.165) is 18.2 Å². The van der Waals surface area contributed by atoms with Gasteiger partial charge in [-0.1, -0.05) is 0 Å². The number of nitrogens with one attached hydrogen (secondary N) is 2. The van der Waals surface area contributed by atoms with Gasteiger partial charge in [0.15, 0.2) is 0 Å². The minimum atomic E-state index is -1.48. The largest absolute Gasteiger partial charge is 0.595 e. The van der Waals surface area contributed by atoms with Crippen LogP contribution >= 0.6 is 0 Å². The molecule has 0 spiro atoms. The Kier molecular flexibility index (Phi) is 3.31. The van der Waals surface area contributed by atoms with Crippen LogP contribution in [-0.2, 0) is 0 Å². The van der Waals surface area contributed by atoms with E-state index in [4.69, 9.17) is 15.5 Å². The number of hydrogen-bond donors (Lipinski definition) is 5. The second kappa shape index (κ2) is 4.31. The first-order valence-electron chi connectivity index (χ1n) is 3.77. The molecule has 0 saturated carbocycles. The fourth-order valence-electron chi connectivity index (χ4n) is 1.04. The first kappa shape index (κ1) is 11.5. The number of quaternary nitrogens is 2. The summed E-state index contributed by atoms with van der Waals surface area (Å²) < 4.78 is 0. The number of carboxylic acids is 1. The zero-order valence-electron chi connectivity index (χ0n) is 7.30. The van der Waals surface area contributed by atoms with Crippen LogP contribution in [0.15, 0.2) is 18.2 Å². The van der Waals surface area contributed by atoms with Crippen LogP contribution in [0.2, 0.25) is 0 Å². The van der Waals surface area contributed by atoms with E-state index >= 15 is 0 Å². The van der Waals surface area contributed by atoms with Crippen LogP contribution in [0.4, 0.5) is 11.4 Å². The molecule has 0 radical (unpaired) electrons. The van der Waals surface area contributed by atoms with Crippen LogP contribution in [0.3, 0.4) is 0 Å². The van der Waals surface area contributed by atoms with Gasteiger partial charge in [-0.15, -0.1) is 0 Å². The number of aromatic carboxylic acids is 1. The Bertz CT molecular complexity index is 378. The number of benzene rings is 1. The molecule has 0 amide bonds. The maximum absolute atomic E-state index is 10.6. The van der Waals surface area contributed by atoms with E-state index in [0.29, 0.717) is 0 Å². The maximum Gasteiger partial charge on any atom is 0.335 e. The zero-order chi connectivity index (χ0) is 11.6. The van der Waals surface area contributed by atoms with Crippen molar-refractivity contribution in [3.05, 3.63) is 34.2 Å². The molecule has 15 heavy (non-hydrogen) atoms. The smallest absolute Gasteiger partial charge is 0.335 e. The molecule has 2 unspecified atom stereocenters. The van der Waals surface area contributed by atoms with Gasteiger partial charge < -0.3 is 15.5 Å². The second-order valence-corrected chi connectivity index (χ2v) is 2.68. The Labute approximate surface area is 83.3 Å². The molecule has 0 aliphatic heterocycles. The predicted molar refractivity (Wildman–Crippen MR) is 45.0 cm³/mol. The van der Waals surface area contributed by atoms with Crippen LogP contribution in [0.1, 0.15) is 10.4 Å². The minimum Gasteiger partial charge on any atom is -0.595 e. The van der Waals surface area contributed by atoms with Crippen LogP contribution in [0.25, 0.3) is 0 Å². The molecule has 0 heterocycles. The predicted octanol–water partition coefficient (Wildman–Crippen LogP) is -1.81. The lowest BCUT2D eigenvalue weighted by Gasteiger charge is -2.18. The highest BCUT2D eigenvalue weighted by molar-refractivity contribution is 5.89. The van der Waals surface area contributed by atoms with E-state index in [9.17, 15) is 15.2 Å². The third-order valence-electron chi connectivity index (χ3n) is 1.73. The van der Waals surface area contributed by atoms with E-state index in [1.165, 1.54) is 0 Å². The molecule has 82 valence electrons. The highest BCUT2D eigenvalue weighted by atomic mass is 16.8. The van der Waals surface area contributed by atoms with E-state index in [1.54, 1.807) is 0 Å². The van der Waals surface area contributed by atoms with Crippen LogP contribution in [-0.4, -0.2) is 21.5 Å². The highest BCUT2D eigenvalue weighted by Crippen LogP contribution is 2.15. The summed E-state index contributed by atoms with van der Waals surface area (Å²) >= 11 is 0. The van der Waals surface area contributed by atoms with Gasteiger partial charge in [0.1, 0.15) is 0 Å². The third kappa shape index (κ3) is 2.47. The number of rotatable bonds is 3. The lowest BCUT2D eigenvalue weighted by atomic mass is 10.2. The lowest BCUT2D eigenvalue weighted by Crippen LogP contribution is -3.04. The van der Waals surface area contributed by atoms with Gasteiger partial charge in [-0.25, -0.2) is 15.2 Å². The molecule has 0 fully saturated rings. The summed E-state index contributed by atoms with van der Waals surface area (Å²) in [6.45, 7) is 0. The van der Waals surface area contributed by atoms with Gasteiger partial charge in [0, 0.05) is 12.1 Å². The molecule has 8 nitrogen and oxygen atoms in total. The van der Waals surface area contributed by atoms with Gasteiger partial charge in [0.2, 0.25) is 11.4 Å². The molecular weight excluding hydrogens is 208 g/mol. The van der Waals surface area contributed by atoms with Crippen molar-refractivity contribution in [2.75, 3.05) is 0 Å². The average Bonchev–Trinajstić information content (AvgIpc) is 2.16. The van der Waals surface area contributed by atoms with Crippen molar-refractivity contribution in [1.29, 1.82) is 0 Å². The zero-order valence-corrected chi connectivity index (χ0v) is 7.30. The first-order valence-corrected chi connectivity index (χ1v) is 3.77. The summed E-state index contributed by atoms with van der Waals surface area (Å²) in [6, 6.07) is 2.81. The molecule has 0 aliphatic rings. The van der Waals surface area contributed by atoms with Crippen molar-refractivity contribution in [2.24, 2.45) is 0 Å². The van der Waals surface area contributed by atoms with Crippen molar-refractivity contribution in [1.82, 2.24) is 0 Å². The molecule has 1 rings (SSSR count). The standard InChI is InChI=1S/C7H8N2O6/c10-7(11)4-1-2-5(8(12)13)6(3-4)9(14)15/h1-3,8-9,12,14H,(H,10,11). The van der Waals surface area contributed by atoms with Gasteiger partial charge in [-0.2, -0.15) is 10.5 Å². The van der Waals surface area contributed by atoms with E-state index in [-0.39, 0.29) is 5.56 Å². The van der Waals surface area contributed by atoms with Crippen molar-refractivity contribution >= 4 is 17.3 Å². The van der Waals surface area contributed by atoms with Gasteiger partial charge in [0.05, 0.1) is 5.56 Å². The second-order valence-electron chi connectivity index (χ2n) is 2.68. The summed E-state index contributed by atoms with van der Waals surface area (Å²) in [5, 5.41) is 44.2. The molecule has 2 atom stereocenters. The maximum atomic E-state index is 10.6. The average molecular weight is 216 g/mol. The first-order chi connectivity index (χ1) is 6.93. The van der Waals surface area contributed by atoms with Crippen LogP contribution in [0.5, 0.6) is 0 Å². The van der Waals surface area contributed by atoms with E-state index in [2.05, 4.69) is 0 Å². The quantitative estimate of drug-likeness (QED) is 0.378. The van der Waals surface area contributed by atoms with Crippen LogP contribution in [0, 0.1) is 10.4 Å². The molecule has 0 saturated heterocycles. The molecule has 8 heteroatoms. The van der Waals surface area contributed by atoms with Crippen molar-refractivity contribution in [2.45, 2.75) is 0 Å². The third-order valence-corrected chi connectivity index (χ3v) is 1.73. The molecule has 5 N–H and O–H groups in total. The van der Waals surface area contributed by atoms with Crippen molar-refractivity contribution in [3.8, 4) is 0 Å². The Balaban J connectivity index is 3.27. The Hall–Kier alpha value is -1.55. The fraction of sp³-hybridized carbons (Fsp3) is 0. The Morgan fingerprint density at radius 1 is 1.13 bits per heavy atom. The van der Waals surface area contributed by atoms with Crippen molar-refractivity contribution < 1.29 is 30.8 Å². The topological polar surface area (TPSA) is 133 Å². The fourth-order valence-corrected chi connectivity index (χ4v) is 1.04. The van der Waals surface area contributed by atoms with E-state index in [1.807, 2.05) is 0 Å². The van der Waals surface area contributed by atoms with Gasteiger partial charge in [-0.05, 0) is 6.07 Å². The Morgan fingerprint density at radius 3 is 2.07 bits per heavy atom. The van der Waals surface area contributed by atoms with Gasteiger partial charge in [0.25, 0.3) is 0 Å². The number of carboxylic acid groups (broad SMARTS) is 1. The molecular formula is C7H8N2O6. The summed E-state index contributed by atoms with van der Waals surface area (Å²) in [4.78, 5) is 10.5. The molecule has 0 bridgehead atoms. The lowest BCUT2D eigenvalue weighted by molar-refractivity contribution is -1.01. The monoisotopic (exact) mass is 216 g/mol. The van der Waals surface area contributed by atoms with E-state index < -0.39 is 27.8 Å². The number of carbonyl (C=O) groups is 1. The normalized spacial score (nSPS) is 14.7. The molecule has 1 aromatic carbocycles. The highest BCUT2D eigenvalue weighted by Gasteiger charge is 2.18. The molecule has 1 aromatic rings. The summed E-state index contributed by atoms with van der Waals surface area (Å²) in [6.07, 6.45) is 0. The molecule has 0 aromatic heterocycles. The van der Waals surface area contributed by atoms with Gasteiger partial charge >= 0.3 is 5.97 Å². The summed E-state index contributed by atoms with van der Waals surface area (Å²) in [5.41, 5.74) is -1.24. The van der Waals surface area contributed by atoms with Crippen LogP contribution < -0.4 is 10.5 Å². The Morgan fingerprint density at radius 2 is 1.67 bits per heavy atom. The summed E-state index contributed by atoms with van der Waals surface area (Å²) in [5.74, 6) is -1.31. The van der Waals surface area contributed by atoms with Crippen molar-refractivity contribution in [3.63, 3.8) is 0 Å². The minimum absolute atomic E-state index is 0.266. The SMILES string of the molecule is O=C(O)c1ccc([NH+]([O-])O)c([NH+]([O-])O)c1. The number of hydrogen-bond acceptors (Lipinski definition) is 5.